The second kappa shape index (κ2) is 9.87. The first-order valence-electron chi connectivity index (χ1n) is 8.62. The summed E-state index contributed by atoms with van der Waals surface area (Å²) < 4.78 is 5.51. The van der Waals surface area contributed by atoms with Crippen molar-refractivity contribution in [2.75, 3.05) is 39.9 Å². The highest BCUT2D eigenvalue weighted by atomic mass is 35.5. The van der Waals surface area contributed by atoms with Gasteiger partial charge in [-0.2, -0.15) is 0 Å². The van der Waals surface area contributed by atoms with Crippen LogP contribution in [-0.2, 0) is 11.2 Å². The van der Waals surface area contributed by atoms with Gasteiger partial charge in [0.15, 0.2) is 5.96 Å². The molecule has 0 amide bonds. The third kappa shape index (κ3) is 5.96. The molecule has 2 rings (SSSR count). The molecule has 6 heteroatoms. The number of guanidine groups is 1. The summed E-state index contributed by atoms with van der Waals surface area (Å²) in [5.41, 5.74) is 1.26. The van der Waals surface area contributed by atoms with Crippen LogP contribution in [0.1, 0.15) is 19.4 Å². The zero-order chi connectivity index (χ0) is 17.4. The molecule has 1 fully saturated rings. The Hall–Kier alpha value is -1.30. The average Bonchev–Trinajstić information content (AvgIpc) is 2.59. The number of aliphatic imine (C=N–C) groups is 1. The average molecular weight is 353 g/mol. The molecule has 5 nitrogen and oxygen atoms in total. The molecule has 1 aliphatic heterocycles. The van der Waals surface area contributed by atoms with Gasteiger partial charge in [0.05, 0.1) is 13.2 Å². The largest absolute Gasteiger partial charge is 0.379 e. The number of hydrogen-bond acceptors (Lipinski definition) is 3. The Morgan fingerprint density at radius 2 is 2.12 bits per heavy atom. The third-order valence-electron chi connectivity index (χ3n) is 4.39. The van der Waals surface area contributed by atoms with Crippen LogP contribution in [0.5, 0.6) is 0 Å². The van der Waals surface area contributed by atoms with Crippen LogP contribution in [0.3, 0.4) is 0 Å². The van der Waals surface area contributed by atoms with Crippen LogP contribution in [0.25, 0.3) is 0 Å². The van der Waals surface area contributed by atoms with Crippen LogP contribution in [0.4, 0.5) is 0 Å². The molecule has 24 heavy (non-hydrogen) atoms. The van der Waals surface area contributed by atoms with Crippen molar-refractivity contribution in [3.8, 4) is 0 Å². The Balaban J connectivity index is 1.70. The van der Waals surface area contributed by atoms with Gasteiger partial charge in [-0.3, -0.25) is 9.89 Å². The second-order valence-corrected chi connectivity index (χ2v) is 6.70. The van der Waals surface area contributed by atoms with Crippen molar-refractivity contribution < 1.29 is 4.74 Å². The SMILES string of the molecule is CN=C(NCCc1ccc(Cl)cc1)NCC(C)N1CCOCC1C. The monoisotopic (exact) mass is 352 g/mol. The van der Waals surface area contributed by atoms with E-state index in [1.807, 2.05) is 12.1 Å². The maximum absolute atomic E-state index is 5.91. The summed E-state index contributed by atoms with van der Waals surface area (Å²) in [5.74, 6) is 0.844. The zero-order valence-electron chi connectivity index (χ0n) is 14.9. The number of benzene rings is 1. The Bertz CT molecular complexity index is 520. The molecule has 1 saturated heterocycles. The third-order valence-corrected chi connectivity index (χ3v) is 4.65. The summed E-state index contributed by atoms with van der Waals surface area (Å²) in [4.78, 5) is 6.78. The summed E-state index contributed by atoms with van der Waals surface area (Å²) >= 11 is 5.91. The van der Waals surface area contributed by atoms with Crippen molar-refractivity contribution in [3.63, 3.8) is 0 Å². The number of ether oxygens (including phenoxy) is 1. The van der Waals surface area contributed by atoms with Gasteiger partial charge in [-0.15, -0.1) is 0 Å². The summed E-state index contributed by atoms with van der Waals surface area (Å²) in [6, 6.07) is 8.88. The van der Waals surface area contributed by atoms with Crippen LogP contribution >= 0.6 is 11.6 Å². The Kier molecular flexibility index (Phi) is 7.82. The van der Waals surface area contributed by atoms with E-state index in [-0.39, 0.29) is 0 Å². The molecule has 2 atom stereocenters. The van der Waals surface area contributed by atoms with Crippen molar-refractivity contribution in [1.82, 2.24) is 15.5 Å². The molecular formula is C18H29ClN4O. The Morgan fingerprint density at radius 3 is 2.79 bits per heavy atom. The van der Waals surface area contributed by atoms with Gasteiger partial charge >= 0.3 is 0 Å². The van der Waals surface area contributed by atoms with Gasteiger partial charge in [-0.1, -0.05) is 23.7 Å². The van der Waals surface area contributed by atoms with Crippen LogP contribution in [0.15, 0.2) is 29.3 Å². The lowest BCUT2D eigenvalue weighted by atomic mass is 10.1. The fourth-order valence-corrected chi connectivity index (χ4v) is 3.08. The van der Waals surface area contributed by atoms with E-state index >= 15 is 0 Å². The lowest BCUT2D eigenvalue weighted by molar-refractivity contribution is -0.0174. The molecular weight excluding hydrogens is 324 g/mol. The van der Waals surface area contributed by atoms with Gasteiger partial charge in [0.1, 0.15) is 0 Å². The first-order chi connectivity index (χ1) is 11.6. The normalized spacial score (nSPS) is 20.7. The van der Waals surface area contributed by atoms with Gasteiger partial charge in [-0.25, -0.2) is 0 Å². The number of rotatable bonds is 6. The van der Waals surface area contributed by atoms with Crippen LogP contribution in [0, 0.1) is 0 Å². The highest BCUT2D eigenvalue weighted by Crippen LogP contribution is 2.10. The Labute approximate surface area is 150 Å². The molecule has 1 aromatic carbocycles. The zero-order valence-corrected chi connectivity index (χ0v) is 15.6. The first-order valence-corrected chi connectivity index (χ1v) is 9.00. The molecule has 0 saturated carbocycles. The number of morpholine rings is 1. The van der Waals surface area contributed by atoms with Gasteiger partial charge in [0.25, 0.3) is 0 Å². The predicted molar refractivity (Wildman–Crippen MR) is 101 cm³/mol. The van der Waals surface area contributed by atoms with Crippen LogP contribution in [-0.4, -0.2) is 62.8 Å². The van der Waals surface area contributed by atoms with Crippen LogP contribution in [0.2, 0.25) is 5.02 Å². The molecule has 0 bridgehead atoms. The Morgan fingerprint density at radius 1 is 1.38 bits per heavy atom. The smallest absolute Gasteiger partial charge is 0.191 e. The maximum Gasteiger partial charge on any atom is 0.191 e. The van der Waals surface area contributed by atoms with Crippen molar-refractivity contribution in [3.05, 3.63) is 34.9 Å². The number of halogens is 1. The minimum atomic E-state index is 0.443. The van der Waals surface area contributed by atoms with E-state index in [4.69, 9.17) is 16.3 Å². The van der Waals surface area contributed by atoms with Gasteiger partial charge in [0.2, 0.25) is 0 Å². The van der Waals surface area contributed by atoms with Crippen molar-refractivity contribution in [2.24, 2.45) is 4.99 Å². The highest BCUT2D eigenvalue weighted by molar-refractivity contribution is 6.30. The van der Waals surface area contributed by atoms with Gasteiger partial charge in [-0.05, 0) is 38.0 Å². The van der Waals surface area contributed by atoms with Crippen molar-refractivity contribution in [2.45, 2.75) is 32.4 Å². The lowest BCUT2D eigenvalue weighted by Crippen LogP contribution is -2.53. The standard InChI is InChI=1S/C18H29ClN4O/c1-14(23-10-11-24-13-15(23)2)12-22-18(20-3)21-9-8-16-4-6-17(19)7-5-16/h4-7,14-15H,8-13H2,1-3H3,(H2,20,21,22). The van der Waals surface area contributed by atoms with E-state index in [9.17, 15) is 0 Å². The molecule has 134 valence electrons. The van der Waals surface area contributed by atoms with E-state index in [0.717, 1.165) is 50.3 Å². The highest BCUT2D eigenvalue weighted by Gasteiger charge is 2.23. The summed E-state index contributed by atoms with van der Waals surface area (Å²) in [7, 11) is 1.81. The molecule has 1 aliphatic rings. The predicted octanol–water partition coefficient (Wildman–Crippen LogP) is 2.16. The quantitative estimate of drug-likeness (QED) is 0.608. The fraction of sp³-hybridized carbons (Fsp3) is 0.611. The molecule has 0 aromatic heterocycles. The molecule has 2 unspecified atom stereocenters. The first kappa shape index (κ1) is 19.0. The van der Waals surface area contributed by atoms with E-state index in [1.54, 1.807) is 7.05 Å². The molecule has 0 spiro atoms. The van der Waals surface area contributed by atoms with E-state index < -0.39 is 0 Å². The van der Waals surface area contributed by atoms with Crippen molar-refractivity contribution >= 4 is 17.6 Å². The molecule has 1 heterocycles. The van der Waals surface area contributed by atoms with Crippen molar-refractivity contribution in [1.29, 1.82) is 0 Å². The van der Waals surface area contributed by atoms with Crippen LogP contribution < -0.4 is 10.6 Å². The molecule has 0 aliphatic carbocycles. The van der Waals surface area contributed by atoms with Gasteiger partial charge in [0, 0.05) is 43.8 Å². The minimum Gasteiger partial charge on any atom is -0.379 e. The maximum atomic E-state index is 5.91. The molecule has 1 aromatic rings. The summed E-state index contributed by atoms with van der Waals surface area (Å²) in [6.45, 7) is 8.80. The fourth-order valence-electron chi connectivity index (χ4n) is 2.95. The second-order valence-electron chi connectivity index (χ2n) is 6.27. The number of hydrogen-bond donors (Lipinski definition) is 2. The topological polar surface area (TPSA) is 48.9 Å². The van der Waals surface area contributed by atoms with Gasteiger partial charge < -0.3 is 15.4 Å². The molecule has 0 radical (unpaired) electrons. The summed E-state index contributed by atoms with van der Waals surface area (Å²) in [6.07, 6.45) is 0.938. The van der Waals surface area contributed by atoms with E-state index in [1.165, 1.54) is 5.56 Å². The minimum absolute atomic E-state index is 0.443. The number of nitrogens with one attached hydrogen (secondary N) is 2. The number of nitrogens with zero attached hydrogens (tertiary/aromatic N) is 2. The van der Waals surface area contributed by atoms with E-state index in [2.05, 4.69) is 46.5 Å². The van der Waals surface area contributed by atoms with E-state index in [0.29, 0.717) is 12.1 Å². The lowest BCUT2D eigenvalue weighted by Gasteiger charge is -2.38. The summed E-state index contributed by atoms with van der Waals surface area (Å²) in [5, 5.41) is 7.56. The molecule has 2 N–H and O–H groups in total.